The molecule has 0 spiro atoms. The Morgan fingerprint density at radius 2 is 1.96 bits per heavy atom. The molecule has 130 valence electrons. The van der Waals surface area contributed by atoms with Gasteiger partial charge in [-0.3, -0.25) is 4.79 Å². The molecule has 0 bridgehead atoms. The maximum absolute atomic E-state index is 12.5. The summed E-state index contributed by atoms with van der Waals surface area (Å²) in [7, 11) is 0. The van der Waals surface area contributed by atoms with Gasteiger partial charge in [0.1, 0.15) is 0 Å². The summed E-state index contributed by atoms with van der Waals surface area (Å²) in [4.78, 5) is 12.5. The van der Waals surface area contributed by atoms with Crippen molar-refractivity contribution in [2.24, 2.45) is 11.7 Å². The SMILES string of the molecule is Cl.NCC(NC(=O)c1ccc(-n2cccn2)cc1)C1CCCCC1. The van der Waals surface area contributed by atoms with Crippen LogP contribution in [0.1, 0.15) is 42.5 Å². The standard InChI is InChI=1S/C18H24N4O.ClH/c19-13-17(14-5-2-1-3-6-14)21-18(23)15-7-9-16(10-8-15)22-12-4-11-20-22;/h4,7-12,14,17H,1-3,5-6,13,19H2,(H,21,23);1H. The molecule has 1 amide bonds. The van der Waals surface area contributed by atoms with E-state index in [4.69, 9.17) is 5.73 Å². The molecule has 1 heterocycles. The van der Waals surface area contributed by atoms with E-state index >= 15 is 0 Å². The topological polar surface area (TPSA) is 72.9 Å². The van der Waals surface area contributed by atoms with Crippen molar-refractivity contribution in [3.63, 3.8) is 0 Å². The quantitative estimate of drug-likeness (QED) is 0.872. The van der Waals surface area contributed by atoms with Gasteiger partial charge >= 0.3 is 0 Å². The van der Waals surface area contributed by atoms with E-state index in [1.807, 2.05) is 36.5 Å². The van der Waals surface area contributed by atoms with Crippen LogP contribution in [0, 0.1) is 5.92 Å². The van der Waals surface area contributed by atoms with Crippen LogP contribution >= 0.6 is 12.4 Å². The van der Waals surface area contributed by atoms with Crippen molar-refractivity contribution in [1.29, 1.82) is 0 Å². The van der Waals surface area contributed by atoms with Crippen molar-refractivity contribution in [2.75, 3.05) is 6.54 Å². The predicted octanol–water partition coefficient (Wildman–Crippen LogP) is 2.93. The summed E-state index contributed by atoms with van der Waals surface area (Å²) in [6.07, 6.45) is 9.74. The minimum Gasteiger partial charge on any atom is -0.348 e. The van der Waals surface area contributed by atoms with Gasteiger partial charge in [0.2, 0.25) is 0 Å². The van der Waals surface area contributed by atoms with Gasteiger partial charge in [-0.1, -0.05) is 19.3 Å². The van der Waals surface area contributed by atoms with Crippen LogP contribution in [0.15, 0.2) is 42.7 Å². The third kappa shape index (κ3) is 4.36. The number of amides is 1. The number of nitrogens with zero attached hydrogens (tertiary/aromatic N) is 2. The number of carbonyl (C=O) groups is 1. The smallest absolute Gasteiger partial charge is 0.251 e. The summed E-state index contributed by atoms with van der Waals surface area (Å²) in [5.74, 6) is 0.471. The Morgan fingerprint density at radius 3 is 2.54 bits per heavy atom. The molecule has 1 fully saturated rings. The minimum absolute atomic E-state index is 0. The molecular weight excluding hydrogens is 324 g/mol. The molecule has 1 aliphatic carbocycles. The van der Waals surface area contributed by atoms with Crippen molar-refractivity contribution in [3.05, 3.63) is 48.3 Å². The molecular formula is C18H25ClN4O. The van der Waals surface area contributed by atoms with Crippen LogP contribution < -0.4 is 11.1 Å². The largest absolute Gasteiger partial charge is 0.348 e. The lowest BCUT2D eigenvalue weighted by atomic mass is 9.84. The van der Waals surface area contributed by atoms with Gasteiger partial charge in [0.15, 0.2) is 0 Å². The van der Waals surface area contributed by atoms with E-state index in [1.54, 1.807) is 10.9 Å². The van der Waals surface area contributed by atoms with Crippen LogP contribution in [0.2, 0.25) is 0 Å². The molecule has 3 N–H and O–H groups in total. The number of nitrogens with one attached hydrogen (secondary N) is 1. The van der Waals surface area contributed by atoms with Gasteiger partial charge in [0.25, 0.3) is 5.91 Å². The average molecular weight is 349 g/mol. The molecule has 0 saturated heterocycles. The second kappa shape index (κ2) is 8.85. The Hall–Kier alpha value is -1.85. The fourth-order valence-electron chi connectivity index (χ4n) is 3.34. The Morgan fingerprint density at radius 1 is 1.25 bits per heavy atom. The lowest BCUT2D eigenvalue weighted by Crippen LogP contribution is -2.45. The number of nitrogens with two attached hydrogens (primary N) is 1. The number of hydrogen-bond acceptors (Lipinski definition) is 3. The Labute approximate surface area is 149 Å². The summed E-state index contributed by atoms with van der Waals surface area (Å²) in [5, 5.41) is 7.30. The van der Waals surface area contributed by atoms with Gasteiger partial charge < -0.3 is 11.1 Å². The van der Waals surface area contributed by atoms with Crippen LogP contribution in [0.25, 0.3) is 5.69 Å². The summed E-state index contributed by atoms with van der Waals surface area (Å²) in [5.41, 5.74) is 7.49. The molecule has 3 rings (SSSR count). The fourth-order valence-corrected chi connectivity index (χ4v) is 3.34. The van der Waals surface area contributed by atoms with E-state index in [2.05, 4.69) is 10.4 Å². The monoisotopic (exact) mass is 348 g/mol. The first-order valence-corrected chi connectivity index (χ1v) is 8.39. The first-order valence-electron chi connectivity index (χ1n) is 8.39. The normalized spacial score (nSPS) is 16.2. The van der Waals surface area contributed by atoms with Gasteiger partial charge in [-0.25, -0.2) is 4.68 Å². The Bertz CT molecular complexity index is 621. The van der Waals surface area contributed by atoms with Crippen molar-refractivity contribution >= 4 is 18.3 Å². The molecule has 1 aliphatic rings. The van der Waals surface area contributed by atoms with Crippen molar-refractivity contribution < 1.29 is 4.79 Å². The zero-order valence-corrected chi connectivity index (χ0v) is 14.5. The first kappa shape index (κ1) is 18.5. The number of rotatable bonds is 5. The summed E-state index contributed by atoms with van der Waals surface area (Å²) in [6, 6.07) is 9.42. The molecule has 1 atom stereocenters. The van der Waals surface area contributed by atoms with Gasteiger partial charge in [0, 0.05) is 30.5 Å². The van der Waals surface area contributed by atoms with Crippen LogP contribution in [0.5, 0.6) is 0 Å². The number of carbonyl (C=O) groups excluding carboxylic acids is 1. The van der Waals surface area contributed by atoms with E-state index in [0.717, 1.165) is 5.69 Å². The van der Waals surface area contributed by atoms with E-state index in [9.17, 15) is 4.79 Å². The molecule has 1 saturated carbocycles. The molecule has 1 aromatic carbocycles. The number of hydrogen-bond donors (Lipinski definition) is 2. The average Bonchev–Trinajstić information content (AvgIpc) is 3.15. The van der Waals surface area contributed by atoms with Crippen LogP contribution in [-0.4, -0.2) is 28.3 Å². The van der Waals surface area contributed by atoms with Crippen molar-refractivity contribution in [1.82, 2.24) is 15.1 Å². The molecule has 5 nitrogen and oxygen atoms in total. The maximum atomic E-state index is 12.5. The highest BCUT2D eigenvalue weighted by molar-refractivity contribution is 5.94. The minimum atomic E-state index is -0.0435. The summed E-state index contributed by atoms with van der Waals surface area (Å²) in [6.45, 7) is 0.502. The van der Waals surface area contributed by atoms with Crippen LogP contribution in [0.3, 0.4) is 0 Å². The van der Waals surface area contributed by atoms with Gasteiger partial charge in [-0.15, -0.1) is 12.4 Å². The zero-order valence-electron chi connectivity index (χ0n) is 13.7. The van der Waals surface area contributed by atoms with Crippen molar-refractivity contribution in [2.45, 2.75) is 38.1 Å². The molecule has 1 unspecified atom stereocenters. The van der Waals surface area contributed by atoms with E-state index in [0.29, 0.717) is 18.0 Å². The molecule has 0 aliphatic heterocycles. The molecule has 2 aromatic rings. The first-order chi connectivity index (χ1) is 11.3. The van der Waals surface area contributed by atoms with Gasteiger partial charge in [-0.2, -0.15) is 5.10 Å². The van der Waals surface area contributed by atoms with Crippen molar-refractivity contribution in [3.8, 4) is 5.69 Å². The maximum Gasteiger partial charge on any atom is 0.251 e. The van der Waals surface area contributed by atoms with Gasteiger partial charge in [-0.05, 0) is 49.1 Å². The van der Waals surface area contributed by atoms with Crippen LogP contribution in [0.4, 0.5) is 0 Å². The zero-order chi connectivity index (χ0) is 16.1. The Balaban J connectivity index is 0.00000208. The van der Waals surface area contributed by atoms with Gasteiger partial charge in [0.05, 0.1) is 5.69 Å². The highest BCUT2D eigenvalue weighted by Gasteiger charge is 2.24. The van der Waals surface area contributed by atoms with E-state index < -0.39 is 0 Å². The third-order valence-electron chi connectivity index (χ3n) is 4.69. The lowest BCUT2D eigenvalue weighted by molar-refractivity contribution is 0.0915. The lowest BCUT2D eigenvalue weighted by Gasteiger charge is -2.30. The highest BCUT2D eigenvalue weighted by Crippen LogP contribution is 2.26. The second-order valence-electron chi connectivity index (χ2n) is 6.21. The number of benzene rings is 1. The van der Waals surface area contributed by atoms with E-state index in [1.165, 1.54) is 32.1 Å². The second-order valence-corrected chi connectivity index (χ2v) is 6.21. The van der Waals surface area contributed by atoms with E-state index in [-0.39, 0.29) is 24.4 Å². The number of halogens is 1. The Kier molecular flexibility index (Phi) is 6.82. The molecule has 1 aromatic heterocycles. The van der Waals surface area contributed by atoms with Crippen LogP contribution in [-0.2, 0) is 0 Å². The highest BCUT2D eigenvalue weighted by atomic mass is 35.5. The summed E-state index contributed by atoms with van der Waals surface area (Å²) < 4.78 is 1.77. The molecule has 6 heteroatoms. The summed E-state index contributed by atoms with van der Waals surface area (Å²) >= 11 is 0. The third-order valence-corrected chi connectivity index (χ3v) is 4.69. The molecule has 0 radical (unpaired) electrons. The fraction of sp³-hybridized carbons (Fsp3) is 0.444. The predicted molar refractivity (Wildman–Crippen MR) is 97.7 cm³/mol. The number of aromatic nitrogens is 2. The molecule has 24 heavy (non-hydrogen) atoms.